The number of carboxylic acids is 1. The van der Waals surface area contributed by atoms with Crippen molar-refractivity contribution in [2.75, 3.05) is 7.11 Å². The summed E-state index contributed by atoms with van der Waals surface area (Å²) in [6, 6.07) is 10.7. The van der Waals surface area contributed by atoms with E-state index in [2.05, 4.69) is 5.10 Å². The van der Waals surface area contributed by atoms with Crippen LogP contribution in [0.2, 0.25) is 0 Å². The van der Waals surface area contributed by atoms with E-state index in [-0.39, 0.29) is 11.5 Å². The standard InChI is InChI=1S/C19H16N2O4S/c1-12(19(23)24)10-14-11-21(18(22)16-4-3-9-26-16)20-17(14)13-5-7-15(25-2)8-6-13/h3-11H,1-2H3,(H,23,24)/b12-10+. The minimum Gasteiger partial charge on any atom is -0.497 e. The van der Waals surface area contributed by atoms with Gasteiger partial charge in [-0.25, -0.2) is 9.48 Å². The number of benzene rings is 1. The van der Waals surface area contributed by atoms with Gasteiger partial charge in [0.15, 0.2) is 0 Å². The molecule has 2 heterocycles. The average Bonchev–Trinajstić information content (AvgIpc) is 3.31. The molecule has 1 N–H and O–H groups in total. The van der Waals surface area contributed by atoms with Crippen LogP contribution in [0.1, 0.15) is 22.2 Å². The van der Waals surface area contributed by atoms with Gasteiger partial charge in [0.1, 0.15) is 11.4 Å². The maximum atomic E-state index is 12.6. The molecule has 0 aliphatic rings. The smallest absolute Gasteiger partial charge is 0.331 e. The number of aliphatic carboxylic acids is 1. The number of thiophene rings is 1. The first-order valence-electron chi connectivity index (χ1n) is 7.73. The molecule has 132 valence electrons. The summed E-state index contributed by atoms with van der Waals surface area (Å²) in [5, 5.41) is 15.4. The van der Waals surface area contributed by atoms with E-state index in [9.17, 15) is 9.59 Å². The summed E-state index contributed by atoms with van der Waals surface area (Å²) in [4.78, 5) is 24.3. The highest BCUT2D eigenvalue weighted by Gasteiger charge is 2.17. The summed E-state index contributed by atoms with van der Waals surface area (Å²) >= 11 is 1.32. The minimum absolute atomic E-state index is 0.155. The second-order valence-corrected chi connectivity index (χ2v) is 6.47. The van der Waals surface area contributed by atoms with Gasteiger partial charge in [0.05, 0.1) is 12.0 Å². The second kappa shape index (κ2) is 7.37. The zero-order chi connectivity index (χ0) is 18.7. The number of methoxy groups -OCH3 is 1. The Morgan fingerprint density at radius 3 is 2.54 bits per heavy atom. The molecule has 0 fully saturated rings. The maximum Gasteiger partial charge on any atom is 0.331 e. The first kappa shape index (κ1) is 17.6. The number of carbonyl (C=O) groups is 2. The van der Waals surface area contributed by atoms with E-state index < -0.39 is 5.97 Å². The van der Waals surface area contributed by atoms with E-state index in [0.29, 0.717) is 21.9 Å². The quantitative estimate of drug-likeness (QED) is 0.693. The minimum atomic E-state index is -1.02. The Balaban J connectivity index is 2.09. The molecule has 0 spiro atoms. The largest absolute Gasteiger partial charge is 0.497 e. The number of aromatic nitrogens is 2. The van der Waals surface area contributed by atoms with Crippen molar-refractivity contribution in [2.24, 2.45) is 0 Å². The summed E-state index contributed by atoms with van der Waals surface area (Å²) in [5.74, 6) is -0.591. The lowest BCUT2D eigenvalue weighted by Gasteiger charge is -2.02. The first-order chi connectivity index (χ1) is 12.5. The fourth-order valence-corrected chi connectivity index (χ4v) is 3.03. The lowest BCUT2D eigenvalue weighted by molar-refractivity contribution is -0.132. The van der Waals surface area contributed by atoms with E-state index in [1.807, 2.05) is 17.5 Å². The molecule has 6 nitrogen and oxygen atoms in total. The molecule has 0 aliphatic carbocycles. The van der Waals surface area contributed by atoms with Crippen molar-refractivity contribution in [2.45, 2.75) is 6.92 Å². The maximum absolute atomic E-state index is 12.6. The third kappa shape index (κ3) is 3.57. The summed E-state index contributed by atoms with van der Waals surface area (Å²) in [7, 11) is 1.58. The van der Waals surface area contributed by atoms with E-state index >= 15 is 0 Å². The van der Waals surface area contributed by atoms with E-state index in [1.165, 1.54) is 29.0 Å². The topological polar surface area (TPSA) is 81.4 Å². The highest BCUT2D eigenvalue weighted by Crippen LogP contribution is 2.27. The summed E-state index contributed by atoms with van der Waals surface area (Å²) < 4.78 is 6.40. The zero-order valence-corrected chi connectivity index (χ0v) is 15.0. The molecule has 0 saturated carbocycles. The molecule has 7 heteroatoms. The number of nitrogens with zero attached hydrogens (tertiary/aromatic N) is 2. The monoisotopic (exact) mass is 368 g/mol. The molecule has 0 atom stereocenters. The van der Waals surface area contributed by atoms with Gasteiger partial charge in [-0.05, 0) is 48.7 Å². The molecule has 0 bridgehead atoms. The molecule has 0 saturated heterocycles. The Labute approximate surface area is 154 Å². The number of carboxylic acid groups (broad SMARTS) is 1. The predicted octanol–water partition coefficient (Wildman–Crippen LogP) is 3.80. The van der Waals surface area contributed by atoms with Gasteiger partial charge in [-0.3, -0.25) is 4.79 Å². The lowest BCUT2D eigenvalue weighted by atomic mass is 10.1. The van der Waals surface area contributed by atoms with Crippen LogP contribution in [-0.4, -0.2) is 33.9 Å². The SMILES string of the molecule is COc1ccc(-c2nn(C(=O)c3cccs3)cc2/C=C(\C)C(=O)O)cc1. The average molecular weight is 368 g/mol. The molecule has 26 heavy (non-hydrogen) atoms. The van der Waals surface area contributed by atoms with E-state index in [4.69, 9.17) is 9.84 Å². The van der Waals surface area contributed by atoms with Crippen LogP contribution in [0.3, 0.4) is 0 Å². The summed E-state index contributed by atoms with van der Waals surface area (Å²) in [5.41, 5.74) is 1.99. The molecule has 0 unspecified atom stereocenters. The molecule has 2 aromatic heterocycles. The molecule has 3 aromatic rings. The van der Waals surface area contributed by atoms with E-state index in [0.717, 1.165) is 5.56 Å². The van der Waals surface area contributed by atoms with Crippen LogP contribution >= 0.6 is 11.3 Å². The molecule has 0 radical (unpaired) electrons. The van der Waals surface area contributed by atoms with Crippen LogP contribution in [0.4, 0.5) is 0 Å². The van der Waals surface area contributed by atoms with Gasteiger partial charge in [0.2, 0.25) is 0 Å². The van der Waals surface area contributed by atoms with Gasteiger partial charge in [-0.1, -0.05) is 6.07 Å². The van der Waals surface area contributed by atoms with Gasteiger partial charge in [0, 0.05) is 22.9 Å². The Kier molecular flexibility index (Phi) is 4.99. The predicted molar refractivity (Wildman–Crippen MR) is 99.5 cm³/mol. The van der Waals surface area contributed by atoms with Gasteiger partial charge < -0.3 is 9.84 Å². The van der Waals surface area contributed by atoms with E-state index in [1.54, 1.807) is 37.6 Å². The number of ether oxygens (including phenoxy) is 1. The second-order valence-electron chi connectivity index (χ2n) is 5.52. The summed E-state index contributed by atoms with van der Waals surface area (Å²) in [6.07, 6.45) is 3.06. The van der Waals surface area contributed by atoms with Crippen molar-refractivity contribution in [1.29, 1.82) is 0 Å². The Hall–Kier alpha value is -3.19. The van der Waals surface area contributed by atoms with Crippen molar-refractivity contribution in [1.82, 2.24) is 9.78 Å². The first-order valence-corrected chi connectivity index (χ1v) is 8.61. The van der Waals surface area contributed by atoms with Gasteiger partial charge in [-0.15, -0.1) is 11.3 Å². The van der Waals surface area contributed by atoms with Crippen LogP contribution < -0.4 is 4.74 Å². The zero-order valence-electron chi connectivity index (χ0n) is 14.2. The highest BCUT2D eigenvalue weighted by molar-refractivity contribution is 7.12. The third-order valence-corrected chi connectivity index (χ3v) is 4.61. The highest BCUT2D eigenvalue weighted by atomic mass is 32.1. The van der Waals surface area contributed by atoms with Crippen molar-refractivity contribution in [3.63, 3.8) is 0 Å². The Morgan fingerprint density at radius 1 is 1.23 bits per heavy atom. The van der Waals surface area contributed by atoms with Crippen molar-refractivity contribution >= 4 is 29.3 Å². The molecular weight excluding hydrogens is 352 g/mol. The Bertz CT molecular complexity index is 970. The van der Waals surface area contributed by atoms with Crippen molar-refractivity contribution < 1.29 is 19.4 Å². The lowest BCUT2D eigenvalue weighted by Crippen LogP contribution is -2.10. The third-order valence-electron chi connectivity index (χ3n) is 3.76. The van der Waals surface area contributed by atoms with Crippen molar-refractivity contribution in [3.8, 4) is 17.0 Å². The molecule has 1 aromatic carbocycles. The summed E-state index contributed by atoms with van der Waals surface area (Å²) in [6.45, 7) is 1.50. The van der Waals surface area contributed by atoms with Crippen LogP contribution in [0.5, 0.6) is 5.75 Å². The molecular formula is C19H16N2O4S. The van der Waals surface area contributed by atoms with Gasteiger partial charge in [-0.2, -0.15) is 5.10 Å². The number of rotatable bonds is 5. The van der Waals surface area contributed by atoms with Crippen LogP contribution in [0.25, 0.3) is 17.3 Å². The normalized spacial score (nSPS) is 11.4. The number of hydrogen-bond acceptors (Lipinski definition) is 5. The van der Waals surface area contributed by atoms with Gasteiger partial charge in [0.25, 0.3) is 5.91 Å². The fourth-order valence-electron chi connectivity index (χ4n) is 2.38. The van der Waals surface area contributed by atoms with Gasteiger partial charge >= 0.3 is 5.97 Å². The molecule has 0 amide bonds. The number of carbonyl (C=O) groups excluding carboxylic acids is 1. The molecule has 3 rings (SSSR count). The fraction of sp³-hybridized carbons (Fsp3) is 0.105. The molecule has 0 aliphatic heterocycles. The van der Waals surface area contributed by atoms with Crippen LogP contribution in [0, 0.1) is 0 Å². The van der Waals surface area contributed by atoms with Crippen LogP contribution in [-0.2, 0) is 4.79 Å². The van der Waals surface area contributed by atoms with Crippen LogP contribution in [0.15, 0.2) is 53.5 Å². The van der Waals surface area contributed by atoms with Crippen molar-refractivity contribution in [3.05, 3.63) is 64.0 Å². The Morgan fingerprint density at radius 2 is 1.96 bits per heavy atom. The number of hydrogen-bond donors (Lipinski definition) is 1.